The van der Waals surface area contributed by atoms with Crippen LogP contribution in [0.4, 0.5) is 5.88 Å². The molecule has 0 amide bonds. The van der Waals surface area contributed by atoms with Crippen LogP contribution in [-0.4, -0.2) is 28.7 Å². The van der Waals surface area contributed by atoms with Gasteiger partial charge in [-0.3, -0.25) is 0 Å². The van der Waals surface area contributed by atoms with Crippen LogP contribution in [-0.2, 0) is 0 Å². The SMILES string of the molecule is CN(C)c1ccc(C=c2c(C#N)c(-c3ccccc3)n3nc(-c4ccccc4)nc23)o1. The molecule has 3 aromatic heterocycles. The van der Waals surface area contributed by atoms with E-state index >= 15 is 0 Å². The molecule has 0 aliphatic heterocycles. The lowest BCUT2D eigenvalue weighted by Gasteiger charge is -2.05. The number of aromatic nitrogens is 3. The summed E-state index contributed by atoms with van der Waals surface area (Å²) in [6, 6.07) is 25.8. The highest BCUT2D eigenvalue weighted by Gasteiger charge is 2.21. The summed E-state index contributed by atoms with van der Waals surface area (Å²) in [5, 5.41) is 15.5. The maximum absolute atomic E-state index is 10.1. The van der Waals surface area contributed by atoms with Gasteiger partial charge in [0.2, 0.25) is 0 Å². The van der Waals surface area contributed by atoms with Crippen molar-refractivity contribution in [1.82, 2.24) is 14.6 Å². The van der Waals surface area contributed by atoms with Gasteiger partial charge in [0.25, 0.3) is 0 Å². The van der Waals surface area contributed by atoms with Crippen LogP contribution in [0.3, 0.4) is 0 Å². The Morgan fingerprint density at radius 2 is 1.61 bits per heavy atom. The Morgan fingerprint density at radius 1 is 0.935 bits per heavy atom. The predicted molar refractivity (Wildman–Crippen MR) is 120 cm³/mol. The summed E-state index contributed by atoms with van der Waals surface area (Å²) in [5.74, 6) is 2.00. The Hall–Kier alpha value is -4.37. The molecule has 0 N–H and O–H groups in total. The van der Waals surface area contributed by atoms with Gasteiger partial charge in [0, 0.05) is 36.5 Å². The van der Waals surface area contributed by atoms with Crippen molar-refractivity contribution in [2.45, 2.75) is 0 Å². The van der Waals surface area contributed by atoms with Gasteiger partial charge in [-0.05, 0) is 12.1 Å². The molecule has 0 fully saturated rings. The van der Waals surface area contributed by atoms with E-state index in [4.69, 9.17) is 14.5 Å². The molecule has 5 rings (SSSR count). The third-order valence-corrected chi connectivity index (χ3v) is 5.10. The first kappa shape index (κ1) is 18.6. The molecule has 6 nitrogen and oxygen atoms in total. The molecular weight excluding hydrogens is 386 g/mol. The second-order valence-corrected chi connectivity index (χ2v) is 7.37. The molecule has 0 unspecified atom stereocenters. The highest BCUT2D eigenvalue weighted by Crippen LogP contribution is 2.26. The number of anilines is 1. The van der Waals surface area contributed by atoms with Crippen molar-refractivity contribution in [2.75, 3.05) is 19.0 Å². The number of nitriles is 1. The molecule has 31 heavy (non-hydrogen) atoms. The first-order valence-electron chi connectivity index (χ1n) is 9.88. The molecule has 0 atom stereocenters. The Kier molecular flexibility index (Phi) is 4.49. The van der Waals surface area contributed by atoms with E-state index in [1.165, 1.54) is 0 Å². The summed E-state index contributed by atoms with van der Waals surface area (Å²) in [4.78, 5) is 6.69. The smallest absolute Gasteiger partial charge is 0.195 e. The maximum atomic E-state index is 10.1. The van der Waals surface area contributed by atoms with Gasteiger partial charge in [0.15, 0.2) is 17.4 Å². The van der Waals surface area contributed by atoms with Gasteiger partial charge in [0.1, 0.15) is 11.8 Å². The first-order chi connectivity index (χ1) is 15.2. The summed E-state index contributed by atoms with van der Waals surface area (Å²) >= 11 is 0. The average molecular weight is 405 g/mol. The summed E-state index contributed by atoms with van der Waals surface area (Å²) in [5.41, 5.74) is 3.68. The number of hydrogen-bond donors (Lipinski definition) is 0. The molecule has 0 spiro atoms. The minimum atomic E-state index is 0.517. The van der Waals surface area contributed by atoms with E-state index < -0.39 is 0 Å². The van der Waals surface area contributed by atoms with Crippen LogP contribution < -0.4 is 10.1 Å². The van der Waals surface area contributed by atoms with Gasteiger partial charge in [-0.2, -0.15) is 5.26 Å². The van der Waals surface area contributed by atoms with Crippen LogP contribution >= 0.6 is 0 Å². The van der Waals surface area contributed by atoms with E-state index in [-0.39, 0.29) is 0 Å². The molecule has 6 heteroatoms. The minimum Gasteiger partial charge on any atom is -0.441 e. The predicted octanol–water partition coefficient (Wildman–Crippen LogP) is 4.14. The molecule has 0 saturated heterocycles. The zero-order chi connectivity index (χ0) is 21.4. The third kappa shape index (κ3) is 3.22. The number of hydrogen-bond acceptors (Lipinski definition) is 5. The Labute approximate surface area is 179 Å². The van der Waals surface area contributed by atoms with Gasteiger partial charge in [-0.1, -0.05) is 60.7 Å². The van der Waals surface area contributed by atoms with Crippen LogP contribution in [0, 0.1) is 11.3 Å². The number of nitrogens with zero attached hydrogens (tertiary/aromatic N) is 5. The molecule has 2 aromatic carbocycles. The van der Waals surface area contributed by atoms with Crippen molar-refractivity contribution >= 4 is 17.6 Å². The van der Waals surface area contributed by atoms with Gasteiger partial charge < -0.3 is 9.32 Å². The lowest BCUT2D eigenvalue weighted by molar-refractivity contribution is 0.555. The van der Waals surface area contributed by atoms with Crippen molar-refractivity contribution in [3.05, 3.63) is 89.3 Å². The fraction of sp³-hybridized carbons (Fsp3) is 0.0800. The van der Waals surface area contributed by atoms with E-state index in [2.05, 4.69) is 6.07 Å². The molecule has 5 aromatic rings. The molecular formula is C25H19N5O. The van der Waals surface area contributed by atoms with Gasteiger partial charge in [-0.15, -0.1) is 5.10 Å². The number of rotatable bonds is 4. The van der Waals surface area contributed by atoms with Crippen LogP contribution in [0.15, 0.2) is 77.2 Å². The molecule has 0 aliphatic rings. The topological polar surface area (TPSA) is 70.4 Å². The van der Waals surface area contributed by atoms with E-state index in [1.807, 2.05) is 97.9 Å². The largest absolute Gasteiger partial charge is 0.441 e. The van der Waals surface area contributed by atoms with Crippen molar-refractivity contribution in [2.24, 2.45) is 0 Å². The van der Waals surface area contributed by atoms with E-state index in [0.717, 1.165) is 22.7 Å². The fourth-order valence-electron chi connectivity index (χ4n) is 3.61. The van der Waals surface area contributed by atoms with E-state index in [9.17, 15) is 5.26 Å². The van der Waals surface area contributed by atoms with Gasteiger partial charge >= 0.3 is 0 Å². The second-order valence-electron chi connectivity index (χ2n) is 7.37. The van der Waals surface area contributed by atoms with E-state index in [0.29, 0.717) is 28.0 Å². The highest BCUT2D eigenvalue weighted by molar-refractivity contribution is 5.77. The highest BCUT2D eigenvalue weighted by atomic mass is 16.4. The van der Waals surface area contributed by atoms with Crippen LogP contribution in [0.5, 0.6) is 0 Å². The standard InChI is InChI=1S/C25H19N5O/c1-29(2)22-14-13-19(31-22)15-20-21(16-26)23(17-9-5-3-6-10-17)30-25(20)27-24(28-30)18-11-7-4-8-12-18/h3-15H,1-2H3. The maximum Gasteiger partial charge on any atom is 0.195 e. The second kappa shape index (κ2) is 7.47. The van der Waals surface area contributed by atoms with Crippen molar-refractivity contribution in [3.63, 3.8) is 0 Å². The molecule has 150 valence electrons. The van der Waals surface area contributed by atoms with Crippen LogP contribution in [0.2, 0.25) is 0 Å². The van der Waals surface area contributed by atoms with Gasteiger partial charge in [0.05, 0.1) is 11.3 Å². The van der Waals surface area contributed by atoms with Gasteiger partial charge in [-0.25, -0.2) is 9.50 Å². The lowest BCUT2D eigenvalue weighted by Crippen LogP contribution is -2.07. The number of fused-ring (bicyclic) bond motifs is 1. The molecule has 0 radical (unpaired) electrons. The average Bonchev–Trinajstić information content (AvgIpc) is 3.50. The third-order valence-electron chi connectivity index (χ3n) is 5.10. The Bertz CT molecular complexity index is 1460. The first-order valence-corrected chi connectivity index (χ1v) is 9.88. The number of furan rings is 1. The molecule has 0 bridgehead atoms. The fourth-order valence-corrected chi connectivity index (χ4v) is 3.61. The summed E-state index contributed by atoms with van der Waals surface area (Å²) in [6.45, 7) is 0. The van der Waals surface area contributed by atoms with Crippen molar-refractivity contribution in [1.29, 1.82) is 5.26 Å². The Morgan fingerprint density at radius 3 is 2.23 bits per heavy atom. The van der Waals surface area contributed by atoms with Crippen LogP contribution in [0.1, 0.15) is 11.3 Å². The zero-order valence-corrected chi connectivity index (χ0v) is 17.1. The minimum absolute atomic E-state index is 0.517. The van der Waals surface area contributed by atoms with Crippen molar-refractivity contribution in [3.8, 4) is 28.7 Å². The molecule has 0 aliphatic carbocycles. The molecule has 3 heterocycles. The monoisotopic (exact) mass is 405 g/mol. The Balaban J connectivity index is 1.82. The lowest BCUT2D eigenvalue weighted by atomic mass is 10.1. The zero-order valence-electron chi connectivity index (χ0n) is 17.1. The number of benzene rings is 2. The summed E-state index contributed by atoms with van der Waals surface area (Å²) in [6.07, 6.45) is 1.86. The van der Waals surface area contributed by atoms with E-state index in [1.54, 1.807) is 4.52 Å². The van der Waals surface area contributed by atoms with Crippen molar-refractivity contribution < 1.29 is 4.42 Å². The van der Waals surface area contributed by atoms with Crippen LogP contribution in [0.25, 0.3) is 34.4 Å². The quantitative estimate of drug-likeness (QED) is 0.449. The molecule has 0 saturated carbocycles. The summed E-state index contributed by atoms with van der Waals surface area (Å²) < 4.78 is 7.67. The summed E-state index contributed by atoms with van der Waals surface area (Å²) in [7, 11) is 3.84. The normalized spacial score (nSPS) is 11.7.